The number of allylic oxidation sites excluding steroid dienone is 1. The molecule has 1 atom stereocenters. The maximum absolute atomic E-state index is 9.81. The van der Waals surface area contributed by atoms with Gasteiger partial charge in [0.15, 0.2) is 11.5 Å². The van der Waals surface area contributed by atoms with Gasteiger partial charge in [-0.15, -0.1) is 5.10 Å². The first-order valence-corrected chi connectivity index (χ1v) is 10.1. The molecule has 0 spiro atoms. The largest absolute Gasteiger partial charge is 0.493 e. The maximum Gasteiger partial charge on any atom is 0.244 e. The summed E-state index contributed by atoms with van der Waals surface area (Å²) in [6.07, 6.45) is 0. The number of H-pyrrole nitrogens is 1. The van der Waals surface area contributed by atoms with Crippen molar-refractivity contribution in [3.63, 3.8) is 0 Å². The molecule has 0 aliphatic carbocycles. The predicted octanol–water partition coefficient (Wildman–Crippen LogP) is 4.46. The second-order valence-electron chi connectivity index (χ2n) is 6.59. The van der Waals surface area contributed by atoms with Gasteiger partial charge in [0, 0.05) is 10.0 Å². The zero-order valence-corrected chi connectivity index (χ0v) is 18.0. The van der Waals surface area contributed by atoms with E-state index in [0.29, 0.717) is 29.6 Å². The minimum atomic E-state index is -0.418. The molecule has 2 aromatic carbocycles. The highest BCUT2D eigenvalue weighted by atomic mass is 79.9. The van der Waals surface area contributed by atoms with Gasteiger partial charge in [-0.25, -0.2) is 0 Å². The zero-order valence-electron chi connectivity index (χ0n) is 16.4. The van der Waals surface area contributed by atoms with Gasteiger partial charge in [-0.1, -0.05) is 28.1 Å². The predicted molar refractivity (Wildman–Crippen MR) is 115 cm³/mol. The van der Waals surface area contributed by atoms with Gasteiger partial charge in [-0.2, -0.15) is 5.26 Å². The van der Waals surface area contributed by atoms with Crippen LogP contribution < -0.4 is 19.9 Å². The molecule has 1 aliphatic rings. The molecule has 0 saturated carbocycles. The Balaban J connectivity index is 1.89. The summed E-state index contributed by atoms with van der Waals surface area (Å²) < 4.78 is 17.7. The summed E-state index contributed by atoms with van der Waals surface area (Å²) in [6.45, 7) is 2.45. The van der Waals surface area contributed by atoms with Crippen molar-refractivity contribution in [3.8, 4) is 34.7 Å². The molecule has 30 heavy (non-hydrogen) atoms. The third-order valence-electron chi connectivity index (χ3n) is 4.89. The molecule has 3 aromatic rings. The number of rotatable bonds is 5. The van der Waals surface area contributed by atoms with Gasteiger partial charge in [0.2, 0.25) is 11.8 Å². The van der Waals surface area contributed by atoms with Crippen LogP contribution in [0.2, 0.25) is 0 Å². The van der Waals surface area contributed by atoms with Crippen molar-refractivity contribution in [1.82, 2.24) is 10.2 Å². The smallest absolute Gasteiger partial charge is 0.244 e. The highest BCUT2D eigenvalue weighted by molar-refractivity contribution is 9.10. The molecule has 7 nitrogen and oxygen atoms in total. The highest BCUT2D eigenvalue weighted by Crippen LogP contribution is 2.46. The first-order chi connectivity index (χ1) is 14.6. The van der Waals surface area contributed by atoms with Gasteiger partial charge >= 0.3 is 0 Å². The molecule has 1 unspecified atom stereocenters. The standard InChI is InChI=1S/C22H19BrN4O3/c1-3-29-16-9-6-13(10-17(16)28-2)20-19-18(12-4-7-14(23)8-5-12)15(11-24)21(25)30-22(19)27-26-20/h4-10,18H,3,25H2,1-2H3,(H,26,27). The molecule has 1 aliphatic heterocycles. The first-order valence-electron chi connectivity index (χ1n) is 9.29. The average molecular weight is 467 g/mol. The van der Waals surface area contributed by atoms with Crippen LogP contribution in [0.5, 0.6) is 17.4 Å². The summed E-state index contributed by atoms with van der Waals surface area (Å²) in [7, 11) is 1.59. The Hall–Kier alpha value is -3.44. The number of aromatic amines is 1. The van der Waals surface area contributed by atoms with Crippen molar-refractivity contribution >= 4 is 15.9 Å². The fourth-order valence-corrected chi connectivity index (χ4v) is 3.82. The monoisotopic (exact) mass is 466 g/mol. The quantitative estimate of drug-likeness (QED) is 0.574. The molecule has 2 heterocycles. The van der Waals surface area contributed by atoms with Crippen LogP contribution in [0, 0.1) is 11.3 Å². The van der Waals surface area contributed by atoms with Crippen molar-refractivity contribution in [1.29, 1.82) is 5.26 Å². The Morgan fingerprint density at radius 2 is 2.00 bits per heavy atom. The number of hydrogen-bond acceptors (Lipinski definition) is 6. The van der Waals surface area contributed by atoms with Gasteiger partial charge in [-0.05, 0) is 42.8 Å². The van der Waals surface area contributed by atoms with Crippen molar-refractivity contribution in [2.24, 2.45) is 5.73 Å². The fraction of sp³-hybridized carbons (Fsp3) is 0.182. The summed E-state index contributed by atoms with van der Waals surface area (Å²) in [5, 5.41) is 17.2. The number of aromatic nitrogens is 2. The molecule has 1 aromatic heterocycles. The summed E-state index contributed by atoms with van der Waals surface area (Å²) in [5.41, 5.74) is 9.58. The lowest BCUT2D eigenvalue weighted by Gasteiger charge is -2.24. The van der Waals surface area contributed by atoms with Crippen molar-refractivity contribution in [2.75, 3.05) is 13.7 Å². The lowest BCUT2D eigenvalue weighted by Crippen LogP contribution is -2.20. The summed E-state index contributed by atoms with van der Waals surface area (Å²) in [6, 6.07) is 15.6. The minimum absolute atomic E-state index is 0.0558. The summed E-state index contributed by atoms with van der Waals surface area (Å²) in [4.78, 5) is 0. The van der Waals surface area contributed by atoms with Gasteiger partial charge < -0.3 is 19.9 Å². The molecule has 0 bridgehead atoms. The molecule has 0 amide bonds. The van der Waals surface area contributed by atoms with Crippen molar-refractivity contribution in [2.45, 2.75) is 12.8 Å². The summed E-state index contributed by atoms with van der Waals surface area (Å²) >= 11 is 3.45. The van der Waals surface area contributed by atoms with Gasteiger partial charge in [-0.3, -0.25) is 5.10 Å². The number of nitrogens with one attached hydrogen (secondary N) is 1. The molecule has 3 N–H and O–H groups in total. The van der Waals surface area contributed by atoms with Crippen LogP contribution in [-0.2, 0) is 0 Å². The van der Waals surface area contributed by atoms with Crippen LogP contribution in [-0.4, -0.2) is 23.9 Å². The maximum atomic E-state index is 9.81. The highest BCUT2D eigenvalue weighted by Gasteiger charge is 2.35. The molecular weight excluding hydrogens is 448 g/mol. The van der Waals surface area contributed by atoms with Crippen LogP contribution in [0.3, 0.4) is 0 Å². The van der Waals surface area contributed by atoms with E-state index in [-0.39, 0.29) is 5.88 Å². The van der Waals surface area contributed by atoms with E-state index in [1.54, 1.807) is 7.11 Å². The lowest BCUT2D eigenvalue weighted by atomic mass is 9.83. The number of nitriles is 1. The second-order valence-corrected chi connectivity index (χ2v) is 7.51. The van der Waals surface area contributed by atoms with Crippen LogP contribution in [0.1, 0.15) is 24.0 Å². The Morgan fingerprint density at radius 3 is 2.67 bits per heavy atom. The number of methoxy groups -OCH3 is 1. The van der Waals surface area contributed by atoms with Gasteiger partial charge in [0.1, 0.15) is 11.6 Å². The van der Waals surface area contributed by atoms with Crippen LogP contribution in [0.25, 0.3) is 11.3 Å². The van der Waals surface area contributed by atoms with Gasteiger partial charge in [0.05, 0.1) is 30.9 Å². The van der Waals surface area contributed by atoms with E-state index in [1.165, 1.54) is 0 Å². The fourth-order valence-electron chi connectivity index (χ4n) is 3.55. The van der Waals surface area contributed by atoms with Crippen LogP contribution >= 0.6 is 15.9 Å². The number of nitrogens with two attached hydrogens (primary N) is 1. The second kappa shape index (κ2) is 8.13. The Kier molecular flexibility index (Phi) is 5.38. The molecule has 0 fully saturated rings. The Morgan fingerprint density at radius 1 is 1.23 bits per heavy atom. The van der Waals surface area contributed by atoms with E-state index >= 15 is 0 Å². The topological polar surface area (TPSA) is 106 Å². The Labute approximate surface area is 182 Å². The normalized spacial score (nSPS) is 15.2. The van der Waals surface area contributed by atoms with Crippen molar-refractivity contribution in [3.05, 3.63) is 69.5 Å². The van der Waals surface area contributed by atoms with E-state index in [0.717, 1.165) is 26.9 Å². The van der Waals surface area contributed by atoms with Crippen LogP contribution in [0.4, 0.5) is 0 Å². The number of nitrogens with zero attached hydrogens (tertiary/aromatic N) is 2. The number of ether oxygens (including phenoxy) is 3. The van der Waals surface area contributed by atoms with E-state index in [2.05, 4.69) is 32.2 Å². The van der Waals surface area contributed by atoms with E-state index < -0.39 is 5.92 Å². The van der Waals surface area contributed by atoms with E-state index in [1.807, 2.05) is 49.4 Å². The zero-order chi connectivity index (χ0) is 21.3. The van der Waals surface area contributed by atoms with E-state index in [4.69, 9.17) is 19.9 Å². The summed E-state index contributed by atoms with van der Waals surface area (Å²) in [5.74, 6) is 1.24. The lowest BCUT2D eigenvalue weighted by molar-refractivity contribution is 0.311. The number of halogens is 1. The number of hydrogen-bond donors (Lipinski definition) is 2. The molecule has 152 valence electrons. The molecular formula is C22H19BrN4O3. The number of benzene rings is 2. The first kappa shape index (κ1) is 19.9. The minimum Gasteiger partial charge on any atom is -0.493 e. The van der Waals surface area contributed by atoms with Gasteiger partial charge in [0.25, 0.3) is 0 Å². The SMILES string of the molecule is CCOc1ccc(-c2[nH]nc3c2C(c2ccc(Br)cc2)C(C#N)=C(N)O3)cc1OC. The molecule has 0 radical (unpaired) electrons. The average Bonchev–Trinajstić information content (AvgIpc) is 3.17. The number of fused-ring (bicyclic) bond motifs is 1. The van der Waals surface area contributed by atoms with Crippen molar-refractivity contribution < 1.29 is 14.2 Å². The molecule has 0 saturated heterocycles. The molecule has 8 heteroatoms. The van der Waals surface area contributed by atoms with Crippen LogP contribution in [0.15, 0.2) is 58.4 Å². The Bertz CT molecular complexity index is 1160. The van der Waals surface area contributed by atoms with E-state index in [9.17, 15) is 5.26 Å². The third-order valence-corrected chi connectivity index (χ3v) is 5.42. The third kappa shape index (κ3) is 3.37. The molecule has 4 rings (SSSR count).